The highest BCUT2D eigenvalue weighted by Gasteiger charge is 2.21. The van der Waals surface area contributed by atoms with E-state index < -0.39 is 11.9 Å². The third kappa shape index (κ3) is 6.70. The first-order valence-corrected chi connectivity index (χ1v) is 12.7. The van der Waals surface area contributed by atoms with Crippen LogP contribution in [0.5, 0.6) is 0 Å². The van der Waals surface area contributed by atoms with Gasteiger partial charge in [0.05, 0.1) is 19.6 Å². The molecule has 0 aliphatic carbocycles. The van der Waals surface area contributed by atoms with Crippen molar-refractivity contribution in [3.05, 3.63) is 82.5 Å². The number of amides is 1. The van der Waals surface area contributed by atoms with E-state index in [-0.39, 0.29) is 54.8 Å². The standard InChI is InChI=1S/C18H17N7O4.C10H13NO2.CH4/c1-8-24(2)11-5-9(3-4-13(11)29-8)7-21-16(26)10-6-12(17(27)28)25-15(22-10)14(19)23-18(25)20;1-7(11)8-3-5-9(6-4-8)10(12)13-2;/h3-6H,7H2,1-2H3,(H5-,19,20,21,23,26,27,28);3-7H,11H2,1-2H3;1H4/p+1/t;7-;/m.1./s1. The Labute approximate surface area is 247 Å². The monoisotopic (exact) mass is 591 g/mol. The maximum Gasteiger partial charge on any atom is 0.353 e. The lowest BCUT2D eigenvalue weighted by Gasteiger charge is -2.08. The SMILES string of the molecule is C.COC(=O)c1ccc([C@@H](C)N)cc1.Cc1oc2ccc(CNC(=O)c3cc(C(=O)O)n4c(N)nc(N)c4n3)cc2[n+]1C. The van der Waals surface area contributed by atoms with Crippen LogP contribution in [0.1, 0.15) is 68.7 Å². The first-order chi connectivity index (χ1) is 19.9. The number of hydrogen-bond donors (Lipinski definition) is 5. The van der Waals surface area contributed by atoms with Gasteiger partial charge in [-0.15, -0.1) is 0 Å². The van der Waals surface area contributed by atoms with Crippen molar-refractivity contribution in [3.63, 3.8) is 0 Å². The number of carbonyl (C=O) groups is 3. The molecule has 0 saturated carbocycles. The Balaban J connectivity index is 0.000000306. The summed E-state index contributed by atoms with van der Waals surface area (Å²) in [6.45, 7) is 3.97. The number of carboxylic acids is 1. The molecule has 0 aliphatic rings. The summed E-state index contributed by atoms with van der Waals surface area (Å²) >= 11 is 0. The van der Waals surface area contributed by atoms with Crippen LogP contribution in [-0.4, -0.2) is 44.4 Å². The molecule has 0 radical (unpaired) electrons. The number of nitrogens with one attached hydrogen (secondary N) is 1. The summed E-state index contributed by atoms with van der Waals surface area (Å²) in [7, 11) is 3.25. The average molecular weight is 592 g/mol. The lowest BCUT2D eigenvalue weighted by atomic mass is 10.1. The summed E-state index contributed by atoms with van der Waals surface area (Å²) < 4.78 is 13.2. The lowest BCUT2D eigenvalue weighted by Crippen LogP contribution is -2.29. The maximum atomic E-state index is 12.6. The molecule has 226 valence electrons. The number of aromatic nitrogens is 4. The number of ether oxygens (including phenoxy) is 1. The lowest BCUT2D eigenvalue weighted by molar-refractivity contribution is -0.657. The number of carboxylic acid groups (broad SMARTS) is 1. The molecule has 0 aliphatic heterocycles. The van der Waals surface area contributed by atoms with Crippen molar-refractivity contribution in [1.29, 1.82) is 0 Å². The number of nitrogens with two attached hydrogens (primary N) is 3. The zero-order valence-electron chi connectivity index (χ0n) is 23.4. The highest BCUT2D eigenvalue weighted by Crippen LogP contribution is 2.19. The summed E-state index contributed by atoms with van der Waals surface area (Å²) in [6.07, 6.45) is 0. The Morgan fingerprint density at radius 1 is 1.12 bits per heavy atom. The zero-order valence-corrected chi connectivity index (χ0v) is 23.4. The number of nitrogen functional groups attached to an aromatic ring is 2. The quantitative estimate of drug-likeness (QED) is 0.143. The molecule has 3 heterocycles. The van der Waals surface area contributed by atoms with Crippen LogP contribution in [0.25, 0.3) is 16.7 Å². The number of esters is 1. The minimum atomic E-state index is -1.29. The number of benzene rings is 2. The van der Waals surface area contributed by atoms with Crippen molar-refractivity contribution in [2.24, 2.45) is 12.8 Å². The second-order valence-electron chi connectivity index (χ2n) is 9.41. The summed E-state index contributed by atoms with van der Waals surface area (Å²) in [6, 6.07) is 13.8. The molecule has 0 saturated heterocycles. The Hall–Kier alpha value is -5.50. The minimum absolute atomic E-state index is 0. The van der Waals surface area contributed by atoms with Crippen LogP contribution < -0.4 is 27.1 Å². The minimum Gasteiger partial charge on any atom is -0.477 e. The number of oxazole rings is 1. The van der Waals surface area contributed by atoms with E-state index in [4.69, 9.17) is 21.6 Å². The van der Waals surface area contributed by atoms with E-state index in [1.807, 2.05) is 55.8 Å². The molecule has 8 N–H and O–H groups in total. The van der Waals surface area contributed by atoms with Crippen molar-refractivity contribution >= 4 is 46.4 Å². The van der Waals surface area contributed by atoms with Crippen molar-refractivity contribution in [2.75, 3.05) is 18.6 Å². The number of hydrogen-bond acceptors (Lipinski definition) is 10. The van der Waals surface area contributed by atoms with Gasteiger partial charge in [0.25, 0.3) is 11.4 Å². The van der Waals surface area contributed by atoms with Gasteiger partial charge < -0.3 is 36.8 Å². The van der Waals surface area contributed by atoms with E-state index in [0.29, 0.717) is 5.56 Å². The van der Waals surface area contributed by atoms with E-state index in [1.54, 1.807) is 12.1 Å². The average Bonchev–Trinajstić information content (AvgIpc) is 3.43. The van der Waals surface area contributed by atoms with Crippen LogP contribution in [0, 0.1) is 6.92 Å². The summed E-state index contributed by atoms with van der Waals surface area (Å²) in [5.74, 6) is -1.58. The van der Waals surface area contributed by atoms with Crippen molar-refractivity contribution in [2.45, 2.75) is 33.9 Å². The largest absolute Gasteiger partial charge is 0.477 e. The van der Waals surface area contributed by atoms with Gasteiger partial charge in [0.15, 0.2) is 11.5 Å². The molecule has 3 aromatic heterocycles. The zero-order chi connectivity index (χ0) is 30.7. The molecule has 0 unspecified atom stereocenters. The first-order valence-electron chi connectivity index (χ1n) is 12.7. The molecule has 2 aromatic carbocycles. The van der Waals surface area contributed by atoms with Crippen LogP contribution in [0.15, 0.2) is 52.9 Å². The van der Waals surface area contributed by atoms with Crippen molar-refractivity contribution in [3.8, 4) is 0 Å². The number of aryl methyl sites for hydroxylation is 2. The predicted octanol–water partition coefficient (Wildman–Crippen LogP) is 2.53. The van der Waals surface area contributed by atoms with Crippen LogP contribution >= 0.6 is 0 Å². The van der Waals surface area contributed by atoms with Gasteiger partial charge in [-0.3, -0.25) is 9.20 Å². The van der Waals surface area contributed by atoms with Gasteiger partial charge in [0.1, 0.15) is 18.4 Å². The smallest absolute Gasteiger partial charge is 0.353 e. The number of anilines is 2. The Morgan fingerprint density at radius 2 is 1.79 bits per heavy atom. The van der Waals surface area contributed by atoms with Crippen molar-refractivity contribution in [1.82, 2.24) is 19.7 Å². The van der Waals surface area contributed by atoms with Gasteiger partial charge in [-0.2, -0.15) is 9.55 Å². The summed E-state index contributed by atoms with van der Waals surface area (Å²) in [5, 5.41) is 12.2. The van der Waals surface area contributed by atoms with E-state index in [9.17, 15) is 19.5 Å². The second kappa shape index (κ2) is 13.0. The predicted molar refractivity (Wildman–Crippen MR) is 159 cm³/mol. The van der Waals surface area contributed by atoms with E-state index in [1.165, 1.54) is 7.11 Å². The molecule has 0 spiro atoms. The van der Waals surface area contributed by atoms with Crippen LogP contribution in [0.3, 0.4) is 0 Å². The molecule has 14 nitrogen and oxygen atoms in total. The van der Waals surface area contributed by atoms with Gasteiger partial charge in [-0.1, -0.05) is 25.6 Å². The highest BCUT2D eigenvalue weighted by molar-refractivity contribution is 5.97. The number of nitrogens with zero attached hydrogens (tertiary/aromatic N) is 4. The number of carbonyl (C=O) groups excluding carboxylic acids is 2. The normalized spacial score (nSPS) is 11.3. The summed E-state index contributed by atoms with van der Waals surface area (Å²) in [5.41, 5.74) is 20.8. The maximum absolute atomic E-state index is 12.6. The van der Waals surface area contributed by atoms with E-state index >= 15 is 0 Å². The molecule has 14 heteroatoms. The topological polar surface area (TPSA) is 218 Å². The number of imidazole rings is 1. The van der Waals surface area contributed by atoms with Gasteiger partial charge in [0.2, 0.25) is 11.5 Å². The third-order valence-corrected chi connectivity index (χ3v) is 6.52. The van der Waals surface area contributed by atoms with Crippen LogP contribution in [-0.2, 0) is 18.3 Å². The molecule has 0 fully saturated rings. The number of fused-ring (bicyclic) bond motifs is 2. The first kappa shape index (κ1) is 32.0. The van der Waals surface area contributed by atoms with Gasteiger partial charge in [-0.05, 0) is 36.2 Å². The highest BCUT2D eigenvalue weighted by atomic mass is 16.5. The molecular weight excluding hydrogens is 556 g/mol. The van der Waals surface area contributed by atoms with Crippen LogP contribution in [0.2, 0.25) is 0 Å². The molecule has 5 aromatic rings. The molecule has 0 bridgehead atoms. The van der Waals surface area contributed by atoms with Gasteiger partial charge in [-0.25, -0.2) is 14.6 Å². The molecule has 5 rings (SSSR count). The molecular formula is C29H35N8O6+. The Bertz CT molecular complexity index is 1810. The fraction of sp³-hybridized carbons (Fsp3) is 0.241. The van der Waals surface area contributed by atoms with Crippen molar-refractivity contribution < 1.29 is 33.2 Å². The Morgan fingerprint density at radius 3 is 2.40 bits per heavy atom. The molecule has 1 amide bonds. The van der Waals surface area contributed by atoms with Gasteiger partial charge in [0, 0.05) is 24.7 Å². The number of aromatic carboxylic acids is 1. The van der Waals surface area contributed by atoms with E-state index in [2.05, 4.69) is 20.0 Å². The molecule has 1 atom stereocenters. The fourth-order valence-corrected chi connectivity index (χ4v) is 4.14. The Kier molecular flexibility index (Phi) is 9.68. The molecule has 43 heavy (non-hydrogen) atoms. The van der Waals surface area contributed by atoms with Crippen LogP contribution in [0.4, 0.5) is 11.8 Å². The fourth-order valence-electron chi connectivity index (χ4n) is 4.14. The van der Waals surface area contributed by atoms with Gasteiger partial charge >= 0.3 is 17.8 Å². The van der Waals surface area contributed by atoms with E-state index in [0.717, 1.165) is 38.6 Å². The second-order valence-corrected chi connectivity index (χ2v) is 9.41. The number of rotatable bonds is 6. The summed E-state index contributed by atoms with van der Waals surface area (Å²) in [4.78, 5) is 43.1. The number of methoxy groups -OCH3 is 1. The third-order valence-electron chi connectivity index (χ3n) is 6.52.